The number of hydrogen-bond donors (Lipinski definition) is 1. The maximum absolute atomic E-state index is 5.77. The van der Waals surface area contributed by atoms with Crippen molar-refractivity contribution in [2.45, 2.75) is 31.8 Å². The normalized spacial score (nSPS) is 18.9. The zero-order chi connectivity index (χ0) is 10.2. The van der Waals surface area contributed by atoms with Crippen LogP contribution in [0.3, 0.4) is 0 Å². The van der Waals surface area contributed by atoms with E-state index < -0.39 is 0 Å². The Kier molecular flexibility index (Phi) is 2.60. The minimum absolute atomic E-state index is 0.289. The van der Waals surface area contributed by atoms with E-state index >= 15 is 0 Å². The van der Waals surface area contributed by atoms with E-state index in [2.05, 4.69) is 22.3 Å². The van der Waals surface area contributed by atoms with Gasteiger partial charge in [-0.25, -0.2) is 4.98 Å². The van der Waals surface area contributed by atoms with Gasteiger partial charge in [-0.1, -0.05) is 0 Å². The summed E-state index contributed by atoms with van der Waals surface area (Å²) in [5.74, 6) is 0. The molecule has 3 nitrogen and oxygen atoms in total. The molecule has 1 aliphatic carbocycles. The van der Waals surface area contributed by atoms with Gasteiger partial charge in [0.25, 0.3) is 0 Å². The maximum Gasteiger partial charge on any atom is 0.0897 e. The Labute approximate surface area is 88.9 Å². The summed E-state index contributed by atoms with van der Waals surface area (Å²) in [7, 11) is 2.15. The Hall–Kier alpha value is -0.450. The van der Waals surface area contributed by atoms with Gasteiger partial charge in [0.05, 0.1) is 10.7 Å². The summed E-state index contributed by atoms with van der Waals surface area (Å²) in [6.07, 6.45) is 2.48. The Bertz CT molecular complexity index is 317. The number of likely N-dealkylation sites (N-methyl/N-ethyl adjacent to an activating group) is 1. The predicted molar refractivity (Wildman–Crippen MR) is 59.3 cm³/mol. The van der Waals surface area contributed by atoms with E-state index in [0.29, 0.717) is 0 Å². The Morgan fingerprint density at radius 1 is 1.64 bits per heavy atom. The van der Waals surface area contributed by atoms with Crippen LogP contribution in [0.5, 0.6) is 0 Å². The van der Waals surface area contributed by atoms with Crippen molar-refractivity contribution in [1.82, 2.24) is 9.88 Å². The van der Waals surface area contributed by atoms with Crippen molar-refractivity contribution in [3.63, 3.8) is 0 Å². The Balaban J connectivity index is 1.98. The summed E-state index contributed by atoms with van der Waals surface area (Å²) < 4.78 is 0. The molecule has 1 saturated carbocycles. The van der Waals surface area contributed by atoms with Crippen molar-refractivity contribution in [2.24, 2.45) is 5.73 Å². The van der Waals surface area contributed by atoms with E-state index in [1.54, 1.807) is 11.3 Å². The Morgan fingerprint density at radius 2 is 2.36 bits per heavy atom. The second-order valence-electron chi connectivity index (χ2n) is 4.14. The van der Waals surface area contributed by atoms with E-state index in [1.807, 2.05) is 6.92 Å². The molecule has 1 fully saturated rings. The fourth-order valence-electron chi connectivity index (χ4n) is 1.78. The first-order valence-corrected chi connectivity index (χ1v) is 5.86. The molecule has 0 radical (unpaired) electrons. The maximum atomic E-state index is 5.77. The number of hydrogen-bond acceptors (Lipinski definition) is 4. The summed E-state index contributed by atoms with van der Waals surface area (Å²) >= 11 is 1.72. The summed E-state index contributed by atoms with van der Waals surface area (Å²) in [5.41, 5.74) is 7.23. The lowest BCUT2D eigenvalue weighted by Crippen LogP contribution is -2.39. The molecule has 14 heavy (non-hydrogen) atoms. The molecule has 2 rings (SSSR count). The average Bonchev–Trinajstić information content (AvgIpc) is 2.87. The molecule has 78 valence electrons. The molecule has 1 heterocycles. The third-order valence-electron chi connectivity index (χ3n) is 3.08. The first-order chi connectivity index (χ1) is 6.66. The monoisotopic (exact) mass is 211 g/mol. The van der Waals surface area contributed by atoms with Crippen LogP contribution in [0.15, 0.2) is 5.38 Å². The largest absolute Gasteiger partial charge is 0.329 e. The van der Waals surface area contributed by atoms with Crippen LogP contribution in [0.25, 0.3) is 0 Å². The number of rotatable bonds is 4. The zero-order valence-corrected chi connectivity index (χ0v) is 9.60. The Morgan fingerprint density at radius 3 is 2.79 bits per heavy atom. The van der Waals surface area contributed by atoms with E-state index in [4.69, 9.17) is 5.73 Å². The van der Waals surface area contributed by atoms with Crippen LogP contribution >= 0.6 is 11.3 Å². The molecule has 2 N–H and O–H groups in total. The van der Waals surface area contributed by atoms with Gasteiger partial charge in [-0.2, -0.15) is 0 Å². The highest BCUT2D eigenvalue weighted by Gasteiger charge is 2.44. The SMILES string of the molecule is Cc1nc(CN(C)C2(CN)CC2)cs1. The van der Waals surface area contributed by atoms with Crippen molar-refractivity contribution in [2.75, 3.05) is 13.6 Å². The first-order valence-electron chi connectivity index (χ1n) is 4.99. The van der Waals surface area contributed by atoms with Gasteiger partial charge in [0, 0.05) is 24.0 Å². The summed E-state index contributed by atoms with van der Waals surface area (Å²) in [6, 6.07) is 0. The molecular weight excluding hydrogens is 194 g/mol. The first kappa shape index (κ1) is 10.1. The molecule has 0 aromatic carbocycles. The molecule has 0 unspecified atom stereocenters. The quantitative estimate of drug-likeness (QED) is 0.818. The second-order valence-corrected chi connectivity index (χ2v) is 5.20. The molecule has 1 aromatic heterocycles. The van der Waals surface area contributed by atoms with Crippen LogP contribution in [0.2, 0.25) is 0 Å². The van der Waals surface area contributed by atoms with E-state index in [0.717, 1.165) is 18.1 Å². The molecule has 0 amide bonds. The molecular formula is C10H17N3S. The summed E-state index contributed by atoms with van der Waals surface area (Å²) in [6.45, 7) is 3.75. The van der Waals surface area contributed by atoms with Gasteiger partial charge in [-0.3, -0.25) is 4.90 Å². The topological polar surface area (TPSA) is 42.2 Å². The predicted octanol–water partition coefficient (Wildman–Crippen LogP) is 1.37. The van der Waals surface area contributed by atoms with Crippen molar-refractivity contribution in [1.29, 1.82) is 0 Å². The van der Waals surface area contributed by atoms with Crippen LogP contribution < -0.4 is 5.73 Å². The van der Waals surface area contributed by atoms with Crippen molar-refractivity contribution in [3.05, 3.63) is 16.1 Å². The van der Waals surface area contributed by atoms with Gasteiger partial charge in [0.1, 0.15) is 0 Å². The van der Waals surface area contributed by atoms with Gasteiger partial charge in [0.15, 0.2) is 0 Å². The van der Waals surface area contributed by atoms with Crippen LogP contribution in [-0.4, -0.2) is 29.0 Å². The minimum atomic E-state index is 0.289. The number of aromatic nitrogens is 1. The van der Waals surface area contributed by atoms with Crippen molar-refractivity contribution < 1.29 is 0 Å². The van der Waals surface area contributed by atoms with Gasteiger partial charge in [-0.15, -0.1) is 11.3 Å². The molecule has 1 aliphatic rings. The number of nitrogens with two attached hydrogens (primary N) is 1. The van der Waals surface area contributed by atoms with Crippen LogP contribution in [0, 0.1) is 6.92 Å². The van der Waals surface area contributed by atoms with Gasteiger partial charge >= 0.3 is 0 Å². The third kappa shape index (κ3) is 1.82. The van der Waals surface area contributed by atoms with E-state index in [1.165, 1.54) is 18.5 Å². The molecule has 4 heteroatoms. The third-order valence-corrected chi connectivity index (χ3v) is 3.90. The lowest BCUT2D eigenvalue weighted by molar-refractivity contribution is 0.216. The number of aryl methyl sites for hydroxylation is 1. The molecule has 0 aliphatic heterocycles. The minimum Gasteiger partial charge on any atom is -0.329 e. The second kappa shape index (κ2) is 3.61. The van der Waals surface area contributed by atoms with Gasteiger partial charge < -0.3 is 5.73 Å². The lowest BCUT2D eigenvalue weighted by atomic mass is 10.2. The molecule has 1 aromatic rings. The molecule has 0 bridgehead atoms. The standard InChI is InChI=1S/C10H17N3S/c1-8-12-9(6-14-8)5-13(2)10(7-11)3-4-10/h6H,3-5,7,11H2,1-2H3. The van der Waals surface area contributed by atoms with E-state index in [9.17, 15) is 0 Å². The summed E-state index contributed by atoms with van der Waals surface area (Å²) in [4.78, 5) is 6.81. The highest BCUT2D eigenvalue weighted by molar-refractivity contribution is 7.09. The van der Waals surface area contributed by atoms with Crippen molar-refractivity contribution >= 4 is 11.3 Å². The van der Waals surface area contributed by atoms with Crippen molar-refractivity contribution in [3.8, 4) is 0 Å². The van der Waals surface area contributed by atoms with E-state index in [-0.39, 0.29) is 5.54 Å². The highest BCUT2D eigenvalue weighted by atomic mass is 32.1. The van der Waals surface area contributed by atoms with Gasteiger partial charge in [0.2, 0.25) is 0 Å². The molecule has 0 atom stereocenters. The fourth-order valence-corrected chi connectivity index (χ4v) is 2.38. The number of nitrogens with zero attached hydrogens (tertiary/aromatic N) is 2. The summed E-state index contributed by atoms with van der Waals surface area (Å²) in [5, 5.41) is 3.28. The smallest absolute Gasteiger partial charge is 0.0897 e. The van der Waals surface area contributed by atoms with Gasteiger partial charge in [-0.05, 0) is 26.8 Å². The number of thiazole rings is 1. The van der Waals surface area contributed by atoms with Crippen LogP contribution in [0.1, 0.15) is 23.5 Å². The molecule has 0 saturated heterocycles. The molecule has 0 spiro atoms. The lowest BCUT2D eigenvalue weighted by Gasteiger charge is -2.25. The van der Waals surface area contributed by atoms with Crippen LogP contribution in [0.4, 0.5) is 0 Å². The zero-order valence-electron chi connectivity index (χ0n) is 8.79. The fraction of sp³-hybridized carbons (Fsp3) is 0.700. The highest BCUT2D eigenvalue weighted by Crippen LogP contribution is 2.40. The average molecular weight is 211 g/mol. The van der Waals surface area contributed by atoms with Crippen LogP contribution in [-0.2, 0) is 6.54 Å².